The Morgan fingerprint density at radius 3 is 2.33 bits per heavy atom. The third kappa shape index (κ3) is 6.27. The number of methoxy groups -OCH3 is 1. The highest BCUT2D eigenvalue weighted by Crippen LogP contribution is 2.33. The standard InChI is InChI=1S/C14H11N3O4.C11H13FO2.2C2H6/c1-5-9-7(4-15-12(9)18)2-6-3-8(21-11(5)6)10-13(19)17-14(20)16-10;1-4-8-5-6-9(14-3)11(12)10(8)7(2)13;2*1-2/h2-3,10H,4H2,1H3,(H,15,18)(H2,16,17,19,20);5-6H,4H2,1-3H3;2*1-2H3. The van der Waals surface area contributed by atoms with Crippen LogP contribution in [0.3, 0.4) is 0 Å². The Morgan fingerprint density at radius 1 is 1.13 bits per heavy atom. The second kappa shape index (κ2) is 13.5. The predicted molar refractivity (Wildman–Crippen MR) is 147 cm³/mol. The summed E-state index contributed by atoms with van der Waals surface area (Å²) in [5.41, 5.74) is 3.71. The highest BCUT2D eigenvalue weighted by atomic mass is 19.1. The van der Waals surface area contributed by atoms with Gasteiger partial charge in [0.05, 0.1) is 18.2 Å². The molecule has 5 rings (SSSR count). The van der Waals surface area contributed by atoms with Gasteiger partial charge in [0, 0.05) is 17.5 Å². The number of furan rings is 1. The van der Waals surface area contributed by atoms with Crippen molar-refractivity contribution in [2.45, 2.75) is 67.5 Å². The van der Waals surface area contributed by atoms with Crippen LogP contribution < -0.4 is 20.7 Å². The highest BCUT2D eigenvalue weighted by Gasteiger charge is 2.34. The van der Waals surface area contributed by atoms with E-state index in [2.05, 4.69) is 16.0 Å². The van der Waals surface area contributed by atoms with Crippen LogP contribution in [0.1, 0.15) is 90.8 Å². The summed E-state index contributed by atoms with van der Waals surface area (Å²) in [4.78, 5) is 45.9. The van der Waals surface area contributed by atoms with Gasteiger partial charge in [0.2, 0.25) is 0 Å². The molecule has 4 amide bonds. The molecule has 3 N–H and O–H groups in total. The molecule has 3 heterocycles. The molecule has 2 aromatic carbocycles. The fourth-order valence-electron chi connectivity index (χ4n) is 4.35. The molecule has 1 atom stereocenters. The number of urea groups is 1. The summed E-state index contributed by atoms with van der Waals surface area (Å²) < 4.78 is 24.2. The van der Waals surface area contributed by atoms with E-state index in [1.807, 2.05) is 47.6 Å². The number of rotatable bonds is 4. The Hall–Kier alpha value is -4.21. The maximum Gasteiger partial charge on any atom is 0.322 e. The Balaban J connectivity index is 0.000000260. The first-order valence-electron chi connectivity index (χ1n) is 13.0. The number of halogens is 1. The van der Waals surface area contributed by atoms with E-state index in [-0.39, 0.29) is 23.0 Å². The van der Waals surface area contributed by atoms with Crippen molar-refractivity contribution in [3.63, 3.8) is 0 Å². The van der Waals surface area contributed by atoms with Crippen LogP contribution in [0.5, 0.6) is 5.75 Å². The van der Waals surface area contributed by atoms with Crippen LogP contribution in [0.2, 0.25) is 0 Å². The largest absolute Gasteiger partial charge is 0.494 e. The van der Waals surface area contributed by atoms with Crippen molar-refractivity contribution in [1.29, 1.82) is 0 Å². The van der Waals surface area contributed by atoms with Gasteiger partial charge in [0.25, 0.3) is 11.8 Å². The summed E-state index contributed by atoms with van der Waals surface area (Å²) in [5, 5.41) is 8.24. The van der Waals surface area contributed by atoms with E-state index in [4.69, 9.17) is 9.15 Å². The van der Waals surface area contributed by atoms with Crippen molar-refractivity contribution in [3.05, 3.63) is 63.7 Å². The predicted octanol–water partition coefficient (Wildman–Crippen LogP) is 5.52. The van der Waals surface area contributed by atoms with Crippen LogP contribution in [0.4, 0.5) is 9.18 Å². The average molecular weight is 542 g/mol. The maximum absolute atomic E-state index is 13.6. The first kappa shape index (κ1) is 31.0. The van der Waals surface area contributed by atoms with Crippen molar-refractivity contribution in [2.75, 3.05) is 7.11 Å². The van der Waals surface area contributed by atoms with E-state index in [0.717, 1.165) is 22.1 Å². The molecule has 39 heavy (non-hydrogen) atoms. The number of carbonyl (C=O) groups is 4. The average Bonchev–Trinajstić information content (AvgIpc) is 3.62. The summed E-state index contributed by atoms with van der Waals surface area (Å²) in [6.07, 6.45) is 0.635. The Morgan fingerprint density at radius 2 is 1.79 bits per heavy atom. The molecule has 0 radical (unpaired) electrons. The van der Waals surface area contributed by atoms with Crippen LogP contribution in [-0.2, 0) is 17.8 Å². The number of amides is 4. The number of Topliss-reactive ketones (excluding diaryl/α,β-unsaturated/α-hetero) is 1. The summed E-state index contributed by atoms with van der Waals surface area (Å²) in [5.74, 6) is -0.901. The summed E-state index contributed by atoms with van der Waals surface area (Å²) in [7, 11) is 1.38. The molecule has 1 aromatic heterocycles. The molecule has 0 aliphatic carbocycles. The van der Waals surface area contributed by atoms with Gasteiger partial charge in [-0.3, -0.25) is 19.7 Å². The molecule has 1 saturated heterocycles. The van der Waals surface area contributed by atoms with Gasteiger partial charge in [-0.25, -0.2) is 9.18 Å². The molecule has 2 aliphatic heterocycles. The van der Waals surface area contributed by atoms with Crippen LogP contribution in [0, 0.1) is 12.7 Å². The van der Waals surface area contributed by atoms with E-state index in [1.54, 1.807) is 18.2 Å². The summed E-state index contributed by atoms with van der Waals surface area (Å²) in [6, 6.07) is 5.50. The van der Waals surface area contributed by atoms with E-state index in [0.29, 0.717) is 29.9 Å². The first-order chi connectivity index (χ1) is 18.7. The molecule has 0 saturated carbocycles. The van der Waals surface area contributed by atoms with Crippen LogP contribution in [-0.4, -0.2) is 30.7 Å². The van der Waals surface area contributed by atoms with E-state index < -0.39 is 23.8 Å². The number of fused-ring (bicyclic) bond motifs is 2. The smallest absolute Gasteiger partial charge is 0.322 e. The van der Waals surface area contributed by atoms with E-state index in [1.165, 1.54) is 14.0 Å². The lowest BCUT2D eigenvalue weighted by atomic mass is 10.0. The van der Waals surface area contributed by atoms with E-state index in [9.17, 15) is 23.6 Å². The third-order valence-corrected chi connectivity index (χ3v) is 6.02. The number of imide groups is 1. The van der Waals surface area contributed by atoms with Crippen molar-refractivity contribution in [1.82, 2.24) is 16.0 Å². The van der Waals surface area contributed by atoms with Gasteiger partial charge in [-0.05, 0) is 49.6 Å². The molecule has 2 aliphatic rings. The molecule has 0 bridgehead atoms. The SMILES string of the molecule is CC.CC.CCc1ccc(OC)c(F)c1C(C)=O.Cc1c2c(cc3cc(C4NC(=O)NC4=O)oc13)CNC2=O. The number of hydrogen-bond donors (Lipinski definition) is 3. The lowest BCUT2D eigenvalue weighted by molar-refractivity contribution is -0.120. The van der Waals surface area contributed by atoms with Crippen LogP contribution >= 0.6 is 0 Å². The number of aryl methyl sites for hydroxylation is 2. The number of nitrogens with one attached hydrogen (secondary N) is 3. The van der Waals surface area contributed by atoms with E-state index >= 15 is 0 Å². The molecular weight excluding hydrogens is 505 g/mol. The van der Waals surface area contributed by atoms with Gasteiger partial charge in [0.1, 0.15) is 11.3 Å². The lowest BCUT2D eigenvalue weighted by Gasteiger charge is -2.09. The zero-order valence-corrected chi connectivity index (χ0v) is 23.6. The maximum atomic E-state index is 13.6. The Labute approximate surface area is 227 Å². The first-order valence-corrected chi connectivity index (χ1v) is 13.0. The monoisotopic (exact) mass is 541 g/mol. The fourth-order valence-corrected chi connectivity index (χ4v) is 4.35. The molecule has 1 fully saturated rings. The van der Waals surface area contributed by atoms with Crippen LogP contribution in [0.25, 0.3) is 11.0 Å². The quantitative estimate of drug-likeness (QED) is 0.295. The van der Waals surface area contributed by atoms with Crippen molar-refractivity contribution >= 4 is 34.6 Å². The minimum atomic E-state index is -0.826. The van der Waals surface area contributed by atoms with Gasteiger partial charge >= 0.3 is 6.03 Å². The van der Waals surface area contributed by atoms with Gasteiger partial charge in [-0.15, -0.1) is 0 Å². The number of hydrogen-bond acceptors (Lipinski definition) is 6. The number of carbonyl (C=O) groups excluding carboxylic acids is 4. The highest BCUT2D eigenvalue weighted by molar-refractivity contribution is 6.06. The molecule has 9 nitrogen and oxygen atoms in total. The van der Waals surface area contributed by atoms with Crippen LogP contribution in [0.15, 0.2) is 28.7 Å². The Kier molecular flexibility index (Phi) is 10.8. The van der Waals surface area contributed by atoms with Gasteiger partial charge in [-0.1, -0.05) is 40.7 Å². The summed E-state index contributed by atoms with van der Waals surface area (Å²) >= 11 is 0. The van der Waals surface area contributed by atoms with Crippen molar-refractivity contribution in [2.24, 2.45) is 0 Å². The number of ketones is 1. The molecule has 1 unspecified atom stereocenters. The normalized spacial score (nSPS) is 14.9. The minimum absolute atomic E-state index is 0.116. The fraction of sp³-hybridized carbons (Fsp3) is 0.379. The number of benzene rings is 2. The van der Waals surface area contributed by atoms with Crippen molar-refractivity contribution < 1.29 is 32.7 Å². The lowest BCUT2D eigenvalue weighted by Crippen LogP contribution is -2.22. The second-order valence-electron chi connectivity index (χ2n) is 8.21. The van der Waals surface area contributed by atoms with Gasteiger partial charge in [0.15, 0.2) is 23.4 Å². The molecular formula is C29H36FN3O6. The summed E-state index contributed by atoms with van der Waals surface area (Å²) in [6.45, 7) is 13.5. The van der Waals surface area contributed by atoms with Gasteiger partial charge in [-0.2, -0.15) is 0 Å². The Bertz CT molecular complexity index is 1400. The second-order valence-corrected chi connectivity index (χ2v) is 8.21. The third-order valence-electron chi connectivity index (χ3n) is 6.02. The molecule has 0 spiro atoms. The minimum Gasteiger partial charge on any atom is -0.494 e. The zero-order valence-electron chi connectivity index (χ0n) is 23.6. The molecule has 10 heteroatoms. The molecule has 3 aromatic rings. The topological polar surface area (TPSA) is 127 Å². The van der Waals surface area contributed by atoms with Gasteiger partial charge < -0.3 is 19.8 Å². The molecule has 210 valence electrons. The number of ether oxygens (including phenoxy) is 1. The van der Waals surface area contributed by atoms with Crippen molar-refractivity contribution in [3.8, 4) is 5.75 Å². The zero-order chi connectivity index (χ0) is 29.4.